The highest BCUT2D eigenvalue weighted by atomic mass is 16.6. The van der Waals surface area contributed by atoms with E-state index in [-0.39, 0.29) is 17.5 Å². The SMILES string of the molecule is CC(=O)OC1CCCCC1(O)C(C)(C)C. The fourth-order valence-corrected chi connectivity index (χ4v) is 2.34. The minimum Gasteiger partial charge on any atom is -0.459 e. The van der Waals surface area contributed by atoms with Gasteiger partial charge in [0.15, 0.2) is 0 Å². The van der Waals surface area contributed by atoms with Crippen molar-refractivity contribution in [1.29, 1.82) is 0 Å². The highest BCUT2D eigenvalue weighted by molar-refractivity contribution is 5.66. The summed E-state index contributed by atoms with van der Waals surface area (Å²) in [4.78, 5) is 11.0. The lowest BCUT2D eigenvalue weighted by atomic mass is 9.66. The van der Waals surface area contributed by atoms with Gasteiger partial charge >= 0.3 is 5.97 Å². The number of carbonyl (C=O) groups excluding carboxylic acids is 1. The summed E-state index contributed by atoms with van der Waals surface area (Å²) in [5.74, 6) is -0.301. The maximum absolute atomic E-state index is 11.0. The van der Waals surface area contributed by atoms with E-state index < -0.39 is 5.60 Å². The Bertz CT molecular complexity index is 242. The normalized spacial score (nSPS) is 32.5. The molecule has 0 aromatic carbocycles. The third-order valence-electron chi connectivity index (χ3n) is 3.41. The highest BCUT2D eigenvalue weighted by Gasteiger charge is 2.49. The molecule has 1 aliphatic rings. The van der Waals surface area contributed by atoms with Gasteiger partial charge in [-0.25, -0.2) is 0 Å². The molecule has 0 spiro atoms. The van der Waals surface area contributed by atoms with E-state index in [2.05, 4.69) is 0 Å². The predicted octanol–water partition coefficient (Wildman–Crippen LogP) is 2.27. The molecule has 2 unspecified atom stereocenters. The second-order valence-corrected chi connectivity index (χ2v) is 5.52. The van der Waals surface area contributed by atoms with Crippen molar-refractivity contribution in [2.24, 2.45) is 5.41 Å². The first-order valence-corrected chi connectivity index (χ1v) is 5.67. The summed E-state index contributed by atoms with van der Waals surface area (Å²) in [6.07, 6.45) is 3.17. The monoisotopic (exact) mass is 214 g/mol. The summed E-state index contributed by atoms with van der Waals surface area (Å²) in [6.45, 7) is 7.39. The summed E-state index contributed by atoms with van der Waals surface area (Å²) in [5.41, 5.74) is -1.13. The van der Waals surface area contributed by atoms with Crippen molar-refractivity contribution in [2.45, 2.75) is 65.1 Å². The molecule has 0 radical (unpaired) electrons. The molecule has 1 aliphatic carbocycles. The van der Waals surface area contributed by atoms with Crippen LogP contribution < -0.4 is 0 Å². The van der Waals surface area contributed by atoms with Crippen molar-refractivity contribution in [3.63, 3.8) is 0 Å². The maximum atomic E-state index is 11.0. The van der Waals surface area contributed by atoms with E-state index in [0.29, 0.717) is 6.42 Å². The summed E-state index contributed by atoms with van der Waals surface area (Å²) < 4.78 is 5.24. The minimum atomic E-state index is -0.878. The summed E-state index contributed by atoms with van der Waals surface area (Å²) in [5, 5.41) is 10.6. The molecule has 2 atom stereocenters. The second kappa shape index (κ2) is 4.12. The first kappa shape index (κ1) is 12.5. The van der Waals surface area contributed by atoms with Crippen LogP contribution in [0.1, 0.15) is 53.4 Å². The van der Waals surface area contributed by atoms with Gasteiger partial charge in [-0.3, -0.25) is 4.79 Å². The fourth-order valence-electron chi connectivity index (χ4n) is 2.34. The van der Waals surface area contributed by atoms with Crippen LogP contribution in [0.15, 0.2) is 0 Å². The Kier molecular flexibility index (Phi) is 3.44. The standard InChI is InChI=1S/C12H22O3/c1-9(13)15-10-7-5-6-8-12(10,14)11(2,3)4/h10,14H,5-8H2,1-4H3. The van der Waals surface area contributed by atoms with E-state index in [4.69, 9.17) is 4.74 Å². The van der Waals surface area contributed by atoms with Gasteiger partial charge in [-0.2, -0.15) is 0 Å². The lowest BCUT2D eigenvalue weighted by molar-refractivity contribution is -0.192. The average Bonchev–Trinajstić information content (AvgIpc) is 2.06. The molecular formula is C12H22O3. The van der Waals surface area contributed by atoms with E-state index in [0.717, 1.165) is 19.3 Å². The maximum Gasteiger partial charge on any atom is 0.303 e. The zero-order valence-corrected chi connectivity index (χ0v) is 10.2. The lowest BCUT2D eigenvalue weighted by Gasteiger charge is -2.47. The number of rotatable bonds is 1. The van der Waals surface area contributed by atoms with Crippen molar-refractivity contribution in [3.8, 4) is 0 Å². The van der Waals surface area contributed by atoms with E-state index in [1.165, 1.54) is 6.92 Å². The van der Waals surface area contributed by atoms with Gasteiger partial charge in [0, 0.05) is 6.92 Å². The van der Waals surface area contributed by atoms with Gasteiger partial charge in [0.2, 0.25) is 0 Å². The highest BCUT2D eigenvalue weighted by Crippen LogP contribution is 2.43. The summed E-state index contributed by atoms with van der Waals surface area (Å²) in [7, 11) is 0. The molecular weight excluding hydrogens is 192 g/mol. The summed E-state index contributed by atoms with van der Waals surface area (Å²) >= 11 is 0. The number of carbonyl (C=O) groups is 1. The molecule has 88 valence electrons. The van der Waals surface area contributed by atoms with E-state index in [9.17, 15) is 9.90 Å². The molecule has 0 aromatic rings. The van der Waals surface area contributed by atoms with Crippen molar-refractivity contribution >= 4 is 5.97 Å². The number of hydrogen-bond donors (Lipinski definition) is 1. The van der Waals surface area contributed by atoms with Crippen molar-refractivity contribution in [1.82, 2.24) is 0 Å². The van der Waals surface area contributed by atoms with E-state index in [1.54, 1.807) is 0 Å². The van der Waals surface area contributed by atoms with Gasteiger partial charge < -0.3 is 9.84 Å². The largest absolute Gasteiger partial charge is 0.459 e. The Balaban J connectivity index is 2.86. The first-order chi connectivity index (χ1) is 6.77. The molecule has 0 amide bonds. The lowest BCUT2D eigenvalue weighted by Crippen LogP contribution is -2.55. The van der Waals surface area contributed by atoms with Crippen LogP contribution in [0.5, 0.6) is 0 Å². The van der Waals surface area contributed by atoms with Crippen LogP contribution >= 0.6 is 0 Å². The van der Waals surface area contributed by atoms with Crippen LogP contribution in [-0.4, -0.2) is 22.8 Å². The topological polar surface area (TPSA) is 46.5 Å². The van der Waals surface area contributed by atoms with Gasteiger partial charge in [-0.05, 0) is 24.7 Å². The molecule has 1 rings (SSSR count). The van der Waals surface area contributed by atoms with Crippen LogP contribution in [0.2, 0.25) is 0 Å². The minimum absolute atomic E-state index is 0.256. The average molecular weight is 214 g/mol. The van der Waals surface area contributed by atoms with Gasteiger partial charge in [-0.15, -0.1) is 0 Å². The Hall–Kier alpha value is -0.570. The molecule has 0 bridgehead atoms. The molecule has 3 heteroatoms. The van der Waals surface area contributed by atoms with Crippen LogP contribution in [0.4, 0.5) is 0 Å². The first-order valence-electron chi connectivity index (χ1n) is 5.67. The van der Waals surface area contributed by atoms with Crippen LogP contribution in [0.3, 0.4) is 0 Å². The zero-order chi connectivity index (χ0) is 11.7. The van der Waals surface area contributed by atoms with Gasteiger partial charge in [0.25, 0.3) is 0 Å². The number of esters is 1. The molecule has 0 aromatic heterocycles. The van der Waals surface area contributed by atoms with Crippen LogP contribution in [0, 0.1) is 5.41 Å². The molecule has 0 heterocycles. The molecule has 15 heavy (non-hydrogen) atoms. The number of ether oxygens (including phenoxy) is 1. The van der Waals surface area contributed by atoms with E-state index in [1.807, 2.05) is 20.8 Å². The molecule has 0 aliphatic heterocycles. The van der Waals surface area contributed by atoms with Gasteiger partial charge in [0.05, 0.1) is 0 Å². The third-order valence-corrected chi connectivity index (χ3v) is 3.41. The third kappa shape index (κ3) is 2.51. The van der Waals surface area contributed by atoms with Gasteiger partial charge in [0.1, 0.15) is 11.7 Å². The van der Waals surface area contributed by atoms with Crippen LogP contribution in [0.25, 0.3) is 0 Å². The summed E-state index contributed by atoms with van der Waals surface area (Å²) in [6, 6.07) is 0. The fraction of sp³-hybridized carbons (Fsp3) is 0.917. The van der Waals surface area contributed by atoms with Crippen molar-refractivity contribution < 1.29 is 14.6 Å². The predicted molar refractivity (Wildman–Crippen MR) is 58.4 cm³/mol. The van der Waals surface area contributed by atoms with E-state index >= 15 is 0 Å². The van der Waals surface area contributed by atoms with Crippen molar-refractivity contribution in [3.05, 3.63) is 0 Å². The van der Waals surface area contributed by atoms with Gasteiger partial charge in [-0.1, -0.05) is 27.2 Å². The molecule has 3 nitrogen and oxygen atoms in total. The number of hydrogen-bond acceptors (Lipinski definition) is 3. The molecule has 1 N–H and O–H groups in total. The quantitative estimate of drug-likeness (QED) is 0.681. The number of aliphatic hydroxyl groups is 1. The zero-order valence-electron chi connectivity index (χ0n) is 10.2. The van der Waals surface area contributed by atoms with Crippen molar-refractivity contribution in [2.75, 3.05) is 0 Å². The second-order valence-electron chi connectivity index (χ2n) is 5.52. The Morgan fingerprint density at radius 2 is 2.00 bits per heavy atom. The van der Waals surface area contributed by atoms with Crippen LogP contribution in [-0.2, 0) is 9.53 Å². The smallest absolute Gasteiger partial charge is 0.303 e. The molecule has 1 fully saturated rings. The Morgan fingerprint density at radius 3 is 2.47 bits per heavy atom. The Morgan fingerprint density at radius 1 is 1.40 bits per heavy atom. The molecule has 0 saturated heterocycles. The Labute approximate surface area is 91.8 Å². The molecule has 1 saturated carbocycles.